The third kappa shape index (κ3) is 12.2. The van der Waals surface area contributed by atoms with Gasteiger partial charge in [0.15, 0.2) is 0 Å². The lowest BCUT2D eigenvalue weighted by atomic mass is 10.2. The van der Waals surface area contributed by atoms with Crippen LogP contribution in [0.3, 0.4) is 0 Å². The highest BCUT2D eigenvalue weighted by Crippen LogP contribution is 1.97. The van der Waals surface area contributed by atoms with Gasteiger partial charge in [0.2, 0.25) is 0 Å². The first kappa shape index (κ1) is 14.0. The summed E-state index contributed by atoms with van der Waals surface area (Å²) < 4.78 is 0. The molecule has 0 nitrogen and oxygen atoms in total. The van der Waals surface area contributed by atoms with Crippen LogP contribution in [0.2, 0.25) is 0 Å². The van der Waals surface area contributed by atoms with Crippen LogP contribution in [-0.2, 0) is 0 Å². The van der Waals surface area contributed by atoms with E-state index in [9.17, 15) is 0 Å². The molecule has 0 radical (unpaired) electrons. The Labute approximate surface area is 78.4 Å². The topological polar surface area (TPSA) is 0 Å². The van der Waals surface area contributed by atoms with Gasteiger partial charge in [0, 0.05) is 0 Å². The molecule has 0 unspecified atom stereocenters. The molecule has 0 aromatic rings. The Kier molecular flexibility index (Phi) is 8.36. The quantitative estimate of drug-likeness (QED) is 0.459. The summed E-state index contributed by atoms with van der Waals surface area (Å²) in [6.07, 6.45) is 0. The molecule has 0 aliphatic carbocycles. The minimum Gasteiger partial charge on any atom is -0.0778 e. The van der Waals surface area contributed by atoms with Gasteiger partial charge in [-0.2, -0.15) is 0 Å². The van der Waals surface area contributed by atoms with Crippen LogP contribution in [0.5, 0.6) is 0 Å². The molecule has 0 aromatic heterocycles. The van der Waals surface area contributed by atoms with E-state index in [2.05, 4.69) is 55.4 Å². The summed E-state index contributed by atoms with van der Waals surface area (Å²) in [5.74, 6) is 0. The van der Waals surface area contributed by atoms with Crippen LogP contribution in [0.4, 0.5) is 0 Å². The van der Waals surface area contributed by atoms with E-state index < -0.39 is 0 Å². The second-order valence-corrected chi connectivity index (χ2v) is 4.00. The van der Waals surface area contributed by atoms with Crippen LogP contribution in [0.15, 0.2) is 22.3 Å². The maximum Gasteiger partial charge on any atom is -0.0440 e. The normalized spacial score (nSPS) is 8.00. The first-order chi connectivity index (χ1) is 5.29. The zero-order valence-corrected chi connectivity index (χ0v) is 10.0. The van der Waals surface area contributed by atoms with E-state index in [1.165, 1.54) is 22.3 Å². The Morgan fingerprint density at radius 1 is 0.333 bits per heavy atom. The van der Waals surface area contributed by atoms with E-state index >= 15 is 0 Å². The summed E-state index contributed by atoms with van der Waals surface area (Å²) in [6.45, 7) is 17.0. The predicted molar refractivity (Wildman–Crippen MR) is 59.4 cm³/mol. The van der Waals surface area contributed by atoms with Gasteiger partial charge in [-0.15, -0.1) is 0 Å². The Bertz CT molecular complexity index is 122. The van der Waals surface area contributed by atoms with Crippen LogP contribution >= 0.6 is 0 Å². The van der Waals surface area contributed by atoms with Gasteiger partial charge in [0.25, 0.3) is 0 Å². The fourth-order valence-corrected chi connectivity index (χ4v) is 0. The maximum atomic E-state index is 2.12. The monoisotopic (exact) mass is 168 g/mol. The van der Waals surface area contributed by atoms with E-state index in [0.29, 0.717) is 0 Å². The molecule has 72 valence electrons. The Morgan fingerprint density at radius 2 is 0.417 bits per heavy atom. The van der Waals surface area contributed by atoms with Crippen molar-refractivity contribution in [3.8, 4) is 0 Å². The lowest BCUT2D eigenvalue weighted by Crippen LogP contribution is -1.66. The van der Waals surface area contributed by atoms with Crippen LogP contribution in [0, 0.1) is 0 Å². The van der Waals surface area contributed by atoms with E-state index in [1.807, 2.05) is 0 Å². The number of allylic oxidation sites excluding steroid dienone is 4. The molecule has 0 fully saturated rings. The highest BCUT2D eigenvalue weighted by Gasteiger charge is 1.75. The first-order valence-corrected chi connectivity index (χ1v) is 4.50. The Balaban J connectivity index is 0. The van der Waals surface area contributed by atoms with Crippen molar-refractivity contribution in [3.05, 3.63) is 22.3 Å². The largest absolute Gasteiger partial charge is 0.0778 e. The molecule has 0 saturated carbocycles. The van der Waals surface area contributed by atoms with Gasteiger partial charge < -0.3 is 0 Å². The molecule has 0 amide bonds. The molecule has 0 heteroatoms. The van der Waals surface area contributed by atoms with Gasteiger partial charge in [-0.05, 0) is 55.4 Å². The molecule has 0 aliphatic heterocycles. The molecule has 0 rings (SSSR count). The maximum absolute atomic E-state index is 2.12. The van der Waals surface area contributed by atoms with E-state index in [4.69, 9.17) is 0 Å². The van der Waals surface area contributed by atoms with Crippen LogP contribution < -0.4 is 0 Å². The van der Waals surface area contributed by atoms with Gasteiger partial charge in [-0.25, -0.2) is 0 Å². The minimum atomic E-state index is 1.43. The lowest BCUT2D eigenvalue weighted by Gasteiger charge is -1.88. The van der Waals surface area contributed by atoms with Crippen LogP contribution in [0.1, 0.15) is 55.4 Å². The highest BCUT2D eigenvalue weighted by molar-refractivity contribution is 5.02. The van der Waals surface area contributed by atoms with Crippen molar-refractivity contribution in [3.63, 3.8) is 0 Å². The van der Waals surface area contributed by atoms with Crippen molar-refractivity contribution in [2.75, 3.05) is 0 Å². The zero-order chi connectivity index (χ0) is 10.3. The molecule has 0 atom stereocenters. The van der Waals surface area contributed by atoms with Gasteiger partial charge in [0.1, 0.15) is 0 Å². The van der Waals surface area contributed by atoms with Gasteiger partial charge in [0.05, 0.1) is 0 Å². The van der Waals surface area contributed by atoms with Crippen molar-refractivity contribution >= 4 is 0 Å². The molecular weight excluding hydrogens is 144 g/mol. The third-order valence-corrected chi connectivity index (χ3v) is 2.00. The standard InChI is InChI=1S/2C6H12/c2*1-5(2)6(3)4/h2*1-4H3. The Morgan fingerprint density at radius 3 is 0.417 bits per heavy atom. The van der Waals surface area contributed by atoms with Crippen molar-refractivity contribution in [2.24, 2.45) is 0 Å². The van der Waals surface area contributed by atoms with Crippen LogP contribution in [-0.4, -0.2) is 0 Å². The summed E-state index contributed by atoms with van der Waals surface area (Å²) in [4.78, 5) is 0. The molecule has 0 bridgehead atoms. The van der Waals surface area contributed by atoms with E-state index in [0.717, 1.165) is 0 Å². The fraction of sp³-hybridized carbons (Fsp3) is 0.667. The third-order valence-electron chi connectivity index (χ3n) is 2.00. The number of rotatable bonds is 0. The first-order valence-electron chi connectivity index (χ1n) is 4.50. The van der Waals surface area contributed by atoms with Crippen molar-refractivity contribution in [2.45, 2.75) is 55.4 Å². The smallest absolute Gasteiger partial charge is 0.0440 e. The van der Waals surface area contributed by atoms with Gasteiger partial charge >= 0.3 is 0 Å². The predicted octanol–water partition coefficient (Wildman–Crippen LogP) is 4.73. The summed E-state index contributed by atoms with van der Waals surface area (Å²) in [6, 6.07) is 0. The molecule has 0 spiro atoms. The highest BCUT2D eigenvalue weighted by atomic mass is 13.8. The van der Waals surface area contributed by atoms with Crippen LogP contribution in [0.25, 0.3) is 0 Å². The van der Waals surface area contributed by atoms with E-state index in [-0.39, 0.29) is 0 Å². The molecule has 0 aliphatic rings. The molecule has 0 heterocycles. The van der Waals surface area contributed by atoms with Crippen molar-refractivity contribution < 1.29 is 0 Å². The van der Waals surface area contributed by atoms with E-state index in [1.54, 1.807) is 0 Å². The molecule has 0 saturated heterocycles. The second kappa shape index (κ2) is 7.15. The average molecular weight is 168 g/mol. The molecule has 0 N–H and O–H groups in total. The molecule has 0 aromatic carbocycles. The minimum absolute atomic E-state index is 1.43. The second-order valence-electron chi connectivity index (χ2n) is 4.00. The molecule has 12 heavy (non-hydrogen) atoms. The SMILES string of the molecule is CC(C)=C(C)C.CC(C)=C(C)C. The molecular formula is C12H24. The fourth-order valence-electron chi connectivity index (χ4n) is 0. The summed E-state index contributed by atoms with van der Waals surface area (Å²) in [5, 5.41) is 0. The Hall–Kier alpha value is -0.520. The zero-order valence-electron chi connectivity index (χ0n) is 10.0. The van der Waals surface area contributed by atoms with Gasteiger partial charge in [-0.3, -0.25) is 0 Å². The van der Waals surface area contributed by atoms with Gasteiger partial charge in [-0.1, -0.05) is 22.3 Å². The number of hydrogen-bond acceptors (Lipinski definition) is 0. The lowest BCUT2D eigenvalue weighted by molar-refractivity contribution is 1.23. The summed E-state index contributed by atoms with van der Waals surface area (Å²) in [7, 11) is 0. The number of hydrogen-bond donors (Lipinski definition) is 0. The summed E-state index contributed by atoms with van der Waals surface area (Å²) in [5.41, 5.74) is 5.70. The van der Waals surface area contributed by atoms with Crippen molar-refractivity contribution in [1.29, 1.82) is 0 Å². The summed E-state index contributed by atoms with van der Waals surface area (Å²) >= 11 is 0. The van der Waals surface area contributed by atoms with Crippen molar-refractivity contribution in [1.82, 2.24) is 0 Å². The average Bonchev–Trinajstić information content (AvgIpc) is 1.88.